The van der Waals surface area contributed by atoms with E-state index in [0.29, 0.717) is 19.5 Å². The van der Waals surface area contributed by atoms with Crippen LogP contribution in [0.2, 0.25) is 0 Å². The van der Waals surface area contributed by atoms with Crippen LogP contribution in [-0.2, 0) is 9.59 Å². The van der Waals surface area contributed by atoms with E-state index in [9.17, 15) is 9.59 Å². The molecule has 0 aromatic heterocycles. The molecule has 1 aliphatic rings. The zero-order valence-electron chi connectivity index (χ0n) is 15.3. The number of carbonyl (C=O) groups is 2. The molecule has 0 aliphatic carbocycles. The van der Waals surface area contributed by atoms with Gasteiger partial charge in [0, 0.05) is 18.8 Å². The highest BCUT2D eigenvalue weighted by atomic mass is 16.2. The van der Waals surface area contributed by atoms with Gasteiger partial charge in [0.25, 0.3) is 0 Å². The third-order valence-corrected chi connectivity index (χ3v) is 5.15. The topological polar surface area (TPSA) is 75.4 Å². The fraction of sp³-hybridized carbons (Fsp3) is 0.579. The average molecular weight is 331 g/mol. The van der Waals surface area contributed by atoms with Crippen molar-refractivity contribution in [1.82, 2.24) is 5.32 Å². The lowest BCUT2D eigenvalue weighted by atomic mass is 9.87. The number of nitrogens with zero attached hydrogens (tertiary/aromatic N) is 1. The first-order valence-electron chi connectivity index (χ1n) is 8.59. The maximum atomic E-state index is 12.7. The quantitative estimate of drug-likeness (QED) is 0.812. The van der Waals surface area contributed by atoms with Gasteiger partial charge in [-0.05, 0) is 56.4 Å². The molecule has 0 saturated carbocycles. The Labute approximate surface area is 144 Å². The summed E-state index contributed by atoms with van der Waals surface area (Å²) in [6.45, 7) is 10.9. The minimum Gasteiger partial charge on any atom is -0.349 e. The van der Waals surface area contributed by atoms with Gasteiger partial charge in [-0.1, -0.05) is 19.9 Å². The number of anilines is 1. The van der Waals surface area contributed by atoms with E-state index in [0.717, 1.165) is 16.8 Å². The lowest BCUT2D eigenvalue weighted by Gasteiger charge is -2.34. The monoisotopic (exact) mass is 331 g/mol. The molecule has 5 nitrogen and oxygen atoms in total. The highest BCUT2D eigenvalue weighted by Gasteiger charge is 2.40. The zero-order chi connectivity index (χ0) is 18.1. The van der Waals surface area contributed by atoms with E-state index in [4.69, 9.17) is 5.73 Å². The predicted octanol–water partition coefficient (Wildman–Crippen LogP) is 2.15. The number of benzene rings is 1. The molecule has 1 aliphatic heterocycles. The van der Waals surface area contributed by atoms with Crippen LogP contribution >= 0.6 is 0 Å². The van der Waals surface area contributed by atoms with Gasteiger partial charge < -0.3 is 16.0 Å². The van der Waals surface area contributed by atoms with Crippen LogP contribution in [0, 0.1) is 25.7 Å². The van der Waals surface area contributed by atoms with Crippen molar-refractivity contribution in [3.05, 3.63) is 29.3 Å². The molecule has 1 aromatic rings. The first-order valence-corrected chi connectivity index (χ1v) is 8.59. The summed E-state index contributed by atoms with van der Waals surface area (Å²) >= 11 is 0. The first kappa shape index (κ1) is 18.5. The number of nitrogens with one attached hydrogen (secondary N) is 1. The van der Waals surface area contributed by atoms with Crippen molar-refractivity contribution < 1.29 is 9.59 Å². The molecule has 2 amide bonds. The van der Waals surface area contributed by atoms with Gasteiger partial charge in [0.1, 0.15) is 5.92 Å². The summed E-state index contributed by atoms with van der Waals surface area (Å²) in [7, 11) is 0. The maximum absolute atomic E-state index is 12.7. The third-order valence-electron chi connectivity index (χ3n) is 5.15. The van der Waals surface area contributed by atoms with Crippen LogP contribution in [0.4, 0.5) is 5.69 Å². The molecule has 2 rings (SSSR count). The molecule has 2 unspecified atom stereocenters. The predicted molar refractivity (Wildman–Crippen MR) is 96.8 cm³/mol. The molecule has 0 bridgehead atoms. The number of amides is 2. The molecule has 132 valence electrons. The van der Waals surface area contributed by atoms with E-state index < -0.39 is 11.5 Å². The van der Waals surface area contributed by atoms with Gasteiger partial charge in [-0.25, -0.2) is 0 Å². The zero-order valence-corrected chi connectivity index (χ0v) is 15.3. The normalized spacial score (nSPS) is 20.4. The second kappa shape index (κ2) is 6.93. The Hall–Kier alpha value is -1.88. The molecule has 2 atom stereocenters. The Bertz CT molecular complexity index is 621. The summed E-state index contributed by atoms with van der Waals surface area (Å²) in [5, 5.41) is 3.00. The molecule has 1 aromatic carbocycles. The highest BCUT2D eigenvalue weighted by molar-refractivity contribution is 6.09. The fourth-order valence-corrected chi connectivity index (χ4v) is 3.09. The first-order chi connectivity index (χ1) is 11.2. The smallest absolute Gasteiger partial charge is 0.239 e. The van der Waals surface area contributed by atoms with E-state index >= 15 is 0 Å². The van der Waals surface area contributed by atoms with Crippen molar-refractivity contribution >= 4 is 17.5 Å². The molecular weight excluding hydrogens is 302 g/mol. The molecule has 3 N–H and O–H groups in total. The van der Waals surface area contributed by atoms with E-state index in [-0.39, 0.29) is 17.7 Å². The van der Waals surface area contributed by atoms with Crippen LogP contribution in [0.15, 0.2) is 18.2 Å². The van der Waals surface area contributed by atoms with Crippen molar-refractivity contribution in [1.29, 1.82) is 0 Å². The number of rotatable bonds is 5. The Morgan fingerprint density at radius 2 is 1.92 bits per heavy atom. The molecule has 0 spiro atoms. The summed E-state index contributed by atoms with van der Waals surface area (Å²) in [6.07, 6.45) is 0.538. The Balaban J connectivity index is 2.15. The van der Waals surface area contributed by atoms with Crippen molar-refractivity contribution in [2.24, 2.45) is 17.6 Å². The van der Waals surface area contributed by atoms with Crippen LogP contribution in [0.3, 0.4) is 0 Å². The molecule has 1 saturated heterocycles. The molecule has 1 fully saturated rings. The van der Waals surface area contributed by atoms with Crippen LogP contribution in [0.1, 0.15) is 38.3 Å². The molecule has 1 heterocycles. The minimum atomic E-state index is -0.629. The Kier molecular flexibility index (Phi) is 5.33. The van der Waals surface area contributed by atoms with Crippen LogP contribution in [-0.4, -0.2) is 30.4 Å². The lowest BCUT2D eigenvalue weighted by molar-refractivity contribution is -0.133. The van der Waals surface area contributed by atoms with Gasteiger partial charge >= 0.3 is 0 Å². The number of carbonyl (C=O) groups excluding carboxylic acids is 2. The summed E-state index contributed by atoms with van der Waals surface area (Å²) in [5.74, 6) is -0.775. The molecular formula is C19H29N3O2. The van der Waals surface area contributed by atoms with Crippen LogP contribution in [0.25, 0.3) is 0 Å². The van der Waals surface area contributed by atoms with Crippen molar-refractivity contribution in [2.45, 2.75) is 46.6 Å². The largest absolute Gasteiger partial charge is 0.349 e. The second-order valence-electron chi connectivity index (χ2n) is 7.44. The van der Waals surface area contributed by atoms with Crippen molar-refractivity contribution in [2.75, 3.05) is 18.0 Å². The molecule has 0 radical (unpaired) electrons. The summed E-state index contributed by atoms with van der Waals surface area (Å²) in [5.41, 5.74) is 8.43. The van der Waals surface area contributed by atoms with Gasteiger partial charge in [-0.2, -0.15) is 0 Å². The van der Waals surface area contributed by atoms with Gasteiger partial charge in [-0.3, -0.25) is 9.59 Å². The lowest BCUT2D eigenvalue weighted by Crippen LogP contribution is -2.57. The third kappa shape index (κ3) is 3.61. The van der Waals surface area contributed by atoms with E-state index in [2.05, 4.69) is 11.4 Å². The van der Waals surface area contributed by atoms with Crippen LogP contribution < -0.4 is 16.0 Å². The van der Waals surface area contributed by atoms with Gasteiger partial charge in [-0.15, -0.1) is 0 Å². The second-order valence-corrected chi connectivity index (χ2v) is 7.44. The number of hydrogen-bond donors (Lipinski definition) is 2. The Morgan fingerprint density at radius 1 is 1.33 bits per heavy atom. The summed E-state index contributed by atoms with van der Waals surface area (Å²) < 4.78 is 0. The van der Waals surface area contributed by atoms with E-state index in [1.165, 1.54) is 0 Å². The maximum Gasteiger partial charge on any atom is 0.239 e. The molecule has 5 heteroatoms. The van der Waals surface area contributed by atoms with Gasteiger partial charge in [0.15, 0.2) is 0 Å². The molecule has 24 heavy (non-hydrogen) atoms. The minimum absolute atomic E-state index is 0.124. The number of nitrogens with two attached hydrogens (primary N) is 1. The number of aryl methyl sites for hydroxylation is 2. The van der Waals surface area contributed by atoms with E-state index in [1.54, 1.807) is 4.90 Å². The summed E-state index contributed by atoms with van der Waals surface area (Å²) in [4.78, 5) is 27.1. The van der Waals surface area contributed by atoms with Crippen LogP contribution in [0.5, 0.6) is 0 Å². The van der Waals surface area contributed by atoms with E-state index in [1.807, 2.05) is 46.8 Å². The standard InChI is InChI=1S/C19H29N3O2/c1-12(2)19(5,11-20)21-17(23)16-6-7-22(18(16)24)15-9-13(3)8-14(4)10-15/h8-10,12,16H,6-7,11,20H2,1-5H3,(H,21,23). The van der Waals surface area contributed by atoms with Gasteiger partial charge in [0.05, 0.1) is 5.54 Å². The average Bonchev–Trinajstić information content (AvgIpc) is 2.87. The Morgan fingerprint density at radius 3 is 2.42 bits per heavy atom. The van der Waals surface area contributed by atoms with Gasteiger partial charge in [0.2, 0.25) is 11.8 Å². The number of hydrogen-bond acceptors (Lipinski definition) is 3. The fourth-order valence-electron chi connectivity index (χ4n) is 3.09. The van der Waals surface area contributed by atoms with Crippen molar-refractivity contribution in [3.8, 4) is 0 Å². The SMILES string of the molecule is Cc1cc(C)cc(N2CCC(C(=O)NC(C)(CN)C(C)C)C2=O)c1. The highest BCUT2D eigenvalue weighted by Crippen LogP contribution is 2.28. The summed E-state index contributed by atoms with van der Waals surface area (Å²) in [6, 6.07) is 6.05. The van der Waals surface area contributed by atoms with Crippen molar-refractivity contribution in [3.63, 3.8) is 0 Å².